The second-order valence-corrected chi connectivity index (χ2v) is 10.1. The topological polar surface area (TPSA) is 66.9 Å². The highest BCUT2D eigenvalue weighted by Crippen LogP contribution is 2.35. The smallest absolute Gasteiger partial charge is 0.325 e. The number of ether oxygens (including phenoxy) is 1. The second-order valence-electron chi connectivity index (χ2n) is 9.30. The van der Waals surface area contributed by atoms with Gasteiger partial charge in [0.15, 0.2) is 0 Å². The molecule has 0 bridgehead atoms. The summed E-state index contributed by atoms with van der Waals surface area (Å²) in [5, 5.41) is 1.08. The Labute approximate surface area is 212 Å². The van der Waals surface area contributed by atoms with Crippen molar-refractivity contribution in [3.63, 3.8) is 0 Å². The van der Waals surface area contributed by atoms with Crippen LogP contribution in [0.15, 0.2) is 18.2 Å². The number of fused-ring (bicyclic) bond motifs is 1. The number of hydrogen-bond donors (Lipinski definition) is 0. The number of halogens is 2. The lowest BCUT2D eigenvalue weighted by Crippen LogP contribution is -2.49. The maximum atomic E-state index is 13.0. The Morgan fingerprint density at radius 2 is 1.85 bits per heavy atom. The minimum absolute atomic E-state index is 0.109. The Balaban J connectivity index is 1.53. The molecule has 0 spiro atoms. The van der Waals surface area contributed by atoms with Gasteiger partial charge in [-0.2, -0.15) is 0 Å². The fraction of sp³-hybridized carbons (Fsp3) is 0.654. The van der Waals surface area contributed by atoms with Crippen LogP contribution in [-0.4, -0.2) is 59.9 Å². The van der Waals surface area contributed by atoms with E-state index in [0.29, 0.717) is 47.8 Å². The normalized spacial score (nSPS) is 19.9. The van der Waals surface area contributed by atoms with Gasteiger partial charge in [-0.3, -0.25) is 14.4 Å². The van der Waals surface area contributed by atoms with Gasteiger partial charge in [0.25, 0.3) is 0 Å². The molecule has 6 nitrogen and oxygen atoms in total. The van der Waals surface area contributed by atoms with Gasteiger partial charge in [-0.05, 0) is 69.1 Å². The SMILES string of the molecule is CCOC(=O)CN(CCc1ccc(Cl)cc1Cl)C(=O)CCCC(=O)N1CCCC2CCCCC21. The van der Waals surface area contributed by atoms with Crippen LogP contribution in [0.2, 0.25) is 10.0 Å². The molecular weight excluding hydrogens is 475 g/mol. The highest BCUT2D eigenvalue weighted by molar-refractivity contribution is 6.35. The predicted molar refractivity (Wildman–Crippen MR) is 134 cm³/mol. The van der Waals surface area contributed by atoms with Crippen molar-refractivity contribution in [1.29, 1.82) is 0 Å². The number of piperidine rings is 1. The molecule has 2 fully saturated rings. The summed E-state index contributed by atoms with van der Waals surface area (Å²) >= 11 is 12.2. The van der Waals surface area contributed by atoms with E-state index in [1.54, 1.807) is 19.1 Å². The van der Waals surface area contributed by atoms with Crippen LogP contribution < -0.4 is 0 Å². The third-order valence-corrected chi connectivity index (χ3v) is 7.58. The molecule has 1 saturated heterocycles. The first-order valence-corrected chi connectivity index (χ1v) is 13.3. The molecule has 3 rings (SSSR count). The third-order valence-electron chi connectivity index (χ3n) is 6.99. The Bertz CT molecular complexity index is 861. The second kappa shape index (κ2) is 13.3. The molecule has 0 N–H and O–H groups in total. The highest BCUT2D eigenvalue weighted by atomic mass is 35.5. The van der Waals surface area contributed by atoms with E-state index in [1.165, 1.54) is 30.6 Å². The quantitative estimate of drug-likeness (QED) is 0.401. The monoisotopic (exact) mass is 510 g/mol. The Hall–Kier alpha value is -1.79. The van der Waals surface area contributed by atoms with Crippen LogP contribution in [0.4, 0.5) is 0 Å². The van der Waals surface area contributed by atoms with Gasteiger partial charge >= 0.3 is 5.97 Å². The molecule has 188 valence electrons. The van der Waals surface area contributed by atoms with Crippen molar-refractivity contribution < 1.29 is 19.1 Å². The molecule has 8 heteroatoms. The zero-order chi connectivity index (χ0) is 24.5. The lowest BCUT2D eigenvalue weighted by atomic mass is 9.78. The first kappa shape index (κ1) is 26.8. The van der Waals surface area contributed by atoms with E-state index >= 15 is 0 Å². The van der Waals surface area contributed by atoms with Crippen LogP contribution in [0.3, 0.4) is 0 Å². The van der Waals surface area contributed by atoms with Gasteiger partial charge in [-0.1, -0.05) is 42.1 Å². The molecule has 1 aromatic carbocycles. The molecule has 2 amide bonds. The van der Waals surface area contributed by atoms with Gasteiger partial charge in [0.1, 0.15) is 6.54 Å². The molecule has 1 saturated carbocycles. The van der Waals surface area contributed by atoms with Crippen LogP contribution in [0.5, 0.6) is 0 Å². The predicted octanol–water partition coefficient (Wildman–Crippen LogP) is 5.28. The molecule has 2 atom stereocenters. The van der Waals surface area contributed by atoms with E-state index in [9.17, 15) is 14.4 Å². The van der Waals surface area contributed by atoms with Crippen LogP contribution in [0.1, 0.15) is 70.3 Å². The fourth-order valence-electron chi connectivity index (χ4n) is 5.26. The summed E-state index contributed by atoms with van der Waals surface area (Å²) in [6.07, 6.45) is 8.68. The fourth-order valence-corrected chi connectivity index (χ4v) is 5.76. The first-order valence-electron chi connectivity index (χ1n) is 12.6. The summed E-state index contributed by atoms with van der Waals surface area (Å²) in [5.41, 5.74) is 0.857. The number of esters is 1. The van der Waals surface area contributed by atoms with Gasteiger partial charge in [0, 0.05) is 42.0 Å². The summed E-state index contributed by atoms with van der Waals surface area (Å²) in [6, 6.07) is 5.63. The van der Waals surface area contributed by atoms with Crippen molar-refractivity contribution in [2.24, 2.45) is 5.92 Å². The highest BCUT2D eigenvalue weighted by Gasteiger charge is 2.35. The van der Waals surface area contributed by atoms with Crippen molar-refractivity contribution >= 4 is 41.0 Å². The van der Waals surface area contributed by atoms with Crippen molar-refractivity contribution in [2.45, 2.75) is 77.2 Å². The van der Waals surface area contributed by atoms with Crippen LogP contribution >= 0.6 is 23.2 Å². The Morgan fingerprint density at radius 3 is 2.62 bits per heavy atom. The molecular formula is C26H36Cl2N2O4. The van der Waals surface area contributed by atoms with Crippen molar-refractivity contribution in [2.75, 3.05) is 26.2 Å². The van der Waals surface area contributed by atoms with Crippen molar-refractivity contribution in [1.82, 2.24) is 9.80 Å². The lowest BCUT2D eigenvalue weighted by Gasteiger charge is -2.44. The minimum atomic E-state index is -0.439. The summed E-state index contributed by atoms with van der Waals surface area (Å²) in [7, 11) is 0. The van der Waals surface area contributed by atoms with Gasteiger partial charge in [-0.15, -0.1) is 0 Å². The number of amides is 2. The van der Waals surface area contributed by atoms with Crippen LogP contribution in [0.25, 0.3) is 0 Å². The maximum Gasteiger partial charge on any atom is 0.325 e. The largest absolute Gasteiger partial charge is 0.465 e. The van der Waals surface area contributed by atoms with E-state index in [-0.39, 0.29) is 31.4 Å². The van der Waals surface area contributed by atoms with E-state index in [1.807, 2.05) is 6.07 Å². The summed E-state index contributed by atoms with van der Waals surface area (Å²) < 4.78 is 5.05. The zero-order valence-electron chi connectivity index (χ0n) is 20.1. The standard InChI is InChI=1S/C26H36Cl2N2O4/c1-2-34-26(33)18-29(16-14-19-12-13-21(27)17-22(19)28)24(31)10-5-11-25(32)30-15-6-8-20-7-3-4-9-23(20)30/h12-13,17,20,23H,2-11,14-16,18H2,1H3. The van der Waals surface area contributed by atoms with Gasteiger partial charge in [0.05, 0.1) is 6.61 Å². The maximum absolute atomic E-state index is 13.0. The number of rotatable bonds is 10. The van der Waals surface area contributed by atoms with Crippen molar-refractivity contribution in [3.8, 4) is 0 Å². The molecule has 0 aromatic heterocycles. The van der Waals surface area contributed by atoms with E-state index in [4.69, 9.17) is 27.9 Å². The van der Waals surface area contributed by atoms with E-state index in [2.05, 4.69) is 4.90 Å². The average Bonchev–Trinajstić information content (AvgIpc) is 2.82. The Kier molecular flexibility index (Phi) is 10.5. The Morgan fingerprint density at radius 1 is 1.09 bits per heavy atom. The molecule has 2 unspecified atom stereocenters. The van der Waals surface area contributed by atoms with Gasteiger partial charge in [0.2, 0.25) is 11.8 Å². The van der Waals surface area contributed by atoms with Gasteiger partial charge in [-0.25, -0.2) is 0 Å². The molecule has 34 heavy (non-hydrogen) atoms. The molecule has 0 radical (unpaired) electrons. The number of benzene rings is 1. The third kappa shape index (κ3) is 7.61. The first-order chi connectivity index (χ1) is 16.4. The molecule has 1 aliphatic carbocycles. The molecule has 1 heterocycles. The summed E-state index contributed by atoms with van der Waals surface area (Å²) in [6.45, 7) is 3.06. The lowest BCUT2D eigenvalue weighted by molar-refractivity contribution is -0.149. The number of carbonyl (C=O) groups excluding carboxylic acids is 3. The zero-order valence-corrected chi connectivity index (χ0v) is 21.6. The van der Waals surface area contributed by atoms with Crippen LogP contribution in [0, 0.1) is 5.92 Å². The molecule has 1 aromatic rings. The summed E-state index contributed by atoms with van der Waals surface area (Å²) in [5.74, 6) is 0.216. The molecule has 1 aliphatic heterocycles. The average molecular weight is 511 g/mol. The number of likely N-dealkylation sites (tertiary alicyclic amines) is 1. The van der Waals surface area contributed by atoms with Crippen LogP contribution in [-0.2, 0) is 25.5 Å². The summed E-state index contributed by atoms with van der Waals surface area (Å²) in [4.78, 5) is 41.6. The molecule has 2 aliphatic rings. The van der Waals surface area contributed by atoms with E-state index in [0.717, 1.165) is 24.9 Å². The number of carbonyl (C=O) groups is 3. The number of nitrogens with zero attached hydrogens (tertiary/aromatic N) is 2. The minimum Gasteiger partial charge on any atom is -0.465 e. The van der Waals surface area contributed by atoms with E-state index < -0.39 is 5.97 Å². The van der Waals surface area contributed by atoms with Gasteiger partial charge < -0.3 is 14.5 Å². The van der Waals surface area contributed by atoms with Crippen molar-refractivity contribution in [3.05, 3.63) is 33.8 Å². The number of hydrogen-bond acceptors (Lipinski definition) is 4.